The van der Waals surface area contributed by atoms with E-state index in [1.54, 1.807) is 0 Å². The molecule has 23 heavy (non-hydrogen) atoms. The van der Waals surface area contributed by atoms with Gasteiger partial charge in [-0.05, 0) is 20.9 Å². The van der Waals surface area contributed by atoms with Crippen molar-refractivity contribution < 1.29 is 0 Å². The molecule has 0 bridgehead atoms. The number of nitrogens with zero attached hydrogens (tertiary/aromatic N) is 4. The summed E-state index contributed by atoms with van der Waals surface area (Å²) in [4.78, 5) is 14.1. The van der Waals surface area contributed by atoms with Crippen LogP contribution < -0.4 is 10.2 Å². The molecule has 0 atom stereocenters. The van der Waals surface area contributed by atoms with Gasteiger partial charge in [-0.2, -0.15) is 4.98 Å². The van der Waals surface area contributed by atoms with Gasteiger partial charge in [-0.1, -0.05) is 30.3 Å². The minimum absolute atomic E-state index is 0.307. The fourth-order valence-corrected chi connectivity index (χ4v) is 2.71. The number of anilines is 2. The quantitative estimate of drug-likeness (QED) is 0.940. The molecule has 1 aromatic heterocycles. The van der Waals surface area contributed by atoms with Gasteiger partial charge in [0.2, 0.25) is 5.95 Å². The van der Waals surface area contributed by atoms with E-state index < -0.39 is 0 Å². The van der Waals surface area contributed by atoms with E-state index in [2.05, 4.69) is 54.2 Å². The summed E-state index contributed by atoms with van der Waals surface area (Å²) in [5.41, 5.74) is 2.09. The van der Waals surface area contributed by atoms with Gasteiger partial charge in [0.05, 0.1) is 5.69 Å². The van der Waals surface area contributed by atoms with Crippen LogP contribution in [0.4, 0.5) is 11.8 Å². The molecule has 2 aromatic rings. The molecule has 3 rings (SSSR count). The lowest BCUT2D eigenvalue weighted by Gasteiger charge is -2.33. The lowest BCUT2D eigenvalue weighted by Crippen LogP contribution is -2.44. The van der Waals surface area contributed by atoms with E-state index in [0.717, 1.165) is 43.3 Å². The molecular formula is C18H25N5. The van der Waals surface area contributed by atoms with Crippen LogP contribution in [0.5, 0.6) is 0 Å². The Hall–Kier alpha value is -2.14. The SMILES string of the molecule is CC(C)Nc1nc(-c2ccccc2)cc(N2CCN(C)CC2)n1. The highest BCUT2D eigenvalue weighted by Crippen LogP contribution is 2.24. The Kier molecular flexibility index (Phi) is 4.76. The molecule has 0 unspecified atom stereocenters. The van der Waals surface area contributed by atoms with Crippen molar-refractivity contribution in [3.63, 3.8) is 0 Å². The topological polar surface area (TPSA) is 44.3 Å². The van der Waals surface area contributed by atoms with Gasteiger partial charge in [0.1, 0.15) is 5.82 Å². The first-order valence-corrected chi connectivity index (χ1v) is 8.26. The van der Waals surface area contributed by atoms with Crippen molar-refractivity contribution in [3.8, 4) is 11.3 Å². The summed E-state index contributed by atoms with van der Waals surface area (Å²) in [5.74, 6) is 1.71. The molecule has 2 heterocycles. The zero-order valence-corrected chi connectivity index (χ0v) is 14.2. The average Bonchev–Trinajstić information content (AvgIpc) is 2.55. The second-order valence-corrected chi connectivity index (χ2v) is 6.39. The van der Waals surface area contributed by atoms with Crippen LogP contribution >= 0.6 is 0 Å². The fraction of sp³-hybridized carbons (Fsp3) is 0.444. The maximum absolute atomic E-state index is 4.73. The first kappa shape index (κ1) is 15.7. The summed E-state index contributed by atoms with van der Waals surface area (Å²) in [6.45, 7) is 8.35. The summed E-state index contributed by atoms with van der Waals surface area (Å²) < 4.78 is 0. The highest BCUT2D eigenvalue weighted by molar-refractivity contribution is 5.65. The van der Waals surface area contributed by atoms with E-state index in [4.69, 9.17) is 9.97 Å². The number of benzene rings is 1. The Morgan fingerprint density at radius 3 is 2.35 bits per heavy atom. The molecule has 1 saturated heterocycles. The molecule has 0 spiro atoms. The summed E-state index contributed by atoms with van der Waals surface area (Å²) in [7, 11) is 2.17. The molecule has 122 valence electrons. The van der Waals surface area contributed by atoms with Crippen LogP contribution in [0.2, 0.25) is 0 Å². The molecule has 1 aliphatic heterocycles. The van der Waals surface area contributed by atoms with Crippen molar-refractivity contribution in [1.82, 2.24) is 14.9 Å². The van der Waals surface area contributed by atoms with E-state index in [0.29, 0.717) is 12.0 Å². The van der Waals surface area contributed by atoms with Gasteiger partial charge in [0.25, 0.3) is 0 Å². The first-order valence-electron chi connectivity index (χ1n) is 8.26. The number of aromatic nitrogens is 2. The lowest BCUT2D eigenvalue weighted by atomic mass is 10.1. The van der Waals surface area contributed by atoms with E-state index in [9.17, 15) is 0 Å². The van der Waals surface area contributed by atoms with Crippen LogP contribution in [0.1, 0.15) is 13.8 Å². The van der Waals surface area contributed by atoms with Crippen LogP contribution in [-0.4, -0.2) is 54.1 Å². The lowest BCUT2D eigenvalue weighted by molar-refractivity contribution is 0.312. The summed E-state index contributed by atoms with van der Waals surface area (Å²) in [6, 6.07) is 12.7. The van der Waals surface area contributed by atoms with E-state index in [1.165, 1.54) is 0 Å². The van der Waals surface area contributed by atoms with Crippen LogP contribution in [0, 0.1) is 0 Å². The monoisotopic (exact) mass is 311 g/mol. The predicted molar refractivity (Wildman–Crippen MR) is 95.9 cm³/mol. The second kappa shape index (κ2) is 6.96. The molecular weight excluding hydrogens is 286 g/mol. The van der Waals surface area contributed by atoms with Gasteiger partial charge in [0, 0.05) is 43.9 Å². The average molecular weight is 311 g/mol. The van der Waals surface area contributed by atoms with Crippen LogP contribution in [0.3, 0.4) is 0 Å². The second-order valence-electron chi connectivity index (χ2n) is 6.39. The van der Waals surface area contributed by atoms with Gasteiger partial charge in [0.15, 0.2) is 0 Å². The number of hydrogen-bond acceptors (Lipinski definition) is 5. The fourth-order valence-electron chi connectivity index (χ4n) is 2.71. The van der Waals surface area contributed by atoms with Crippen molar-refractivity contribution >= 4 is 11.8 Å². The number of hydrogen-bond donors (Lipinski definition) is 1. The van der Waals surface area contributed by atoms with Gasteiger partial charge in [-0.15, -0.1) is 0 Å². The molecule has 0 amide bonds. The number of nitrogens with one attached hydrogen (secondary N) is 1. The van der Waals surface area contributed by atoms with E-state index in [1.807, 2.05) is 18.2 Å². The van der Waals surface area contributed by atoms with Crippen LogP contribution in [-0.2, 0) is 0 Å². The third kappa shape index (κ3) is 3.99. The van der Waals surface area contributed by atoms with Crippen molar-refractivity contribution in [2.75, 3.05) is 43.4 Å². The van der Waals surface area contributed by atoms with Gasteiger partial charge >= 0.3 is 0 Å². The molecule has 0 aliphatic carbocycles. The normalized spacial score (nSPS) is 15.9. The van der Waals surface area contributed by atoms with Crippen molar-refractivity contribution in [1.29, 1.82) is 0 Å². The van der Waals surface area contributed by atoms with Gasteiger partial charge < -0.3 is 15.1 Å². The number of rotatable bonds is 4. The zero-order chi connectivity index (χ0) is 16.2. The Balaban J connectivity index is 1.94. The Morgan fingerprint density at radius 1 is 1.00 bits per heavy atom. The van der Waals surface area contributed by atoms with Gasteiger partial charge in [-0.3, -0.25) is 0 Å². The Labute approximate surface area is 138 Å². The molecule has 1 fully saturated rings. The van der Waals surface area contributed by atoms with Gasteiger partial charge in [-0.25, -0.2) is 4.98 Å². The van der Waals surface area contributed by atoms with Crippen LogP contribution in [0.25, 0.3) is 11.3 Å². The molecule has 0 saturated carbocycles. The predicted octanol–water partition coefficient (Wildman–Crippen LogP) is 2.72. The summed E-state index contributed by atoms with van der Waals surface area (Å²) >= 11 is 0. The third-order valence-electron chi connectivity index (χ3n) is 4.03. The minimum Gasteiger partial charge on any atom is -0.354 e. The Morgan fingerprint density at radius 2 is 1.70 bits per heavy atom. The smallest absolute Gasteiger partial charge is 0.225 e. The standard InChI is InChI=1S/C18H25N5/c1-14(2)19-18-20-16(15-7-5-4-6-8-15)13-17(21-18)23-11-9-22(3)10-12-23/h4-8,13-14H,9-12H2,1-3H3,(H,19,20,21). The molecule has 1 aliphatic rings. The summed E-state index contributed by atoms with van der Waals surface area (Å²) in [6.07, 6.45) is 0. The maximum Gasteiger partial charge on any atom is 0.225 e. The third-order valence-corrected chi connectivity index (χ3v) is 4.03. The number of likely N-dealkylation sites (N-methyl/N-ethyl adjacent to an activating group) is 1. The van der Waals surface area contributed by atoms with Crippen molar-refractivity contribution in [2.24, 2.45) is 0 Å². The maximum atomic E-state index is 4.73. The molecule has 1 N–H and O–H groups in total. The molecule has 0 radical (unpaired) electrons. The van der Waals surface area contributed by atoms with Crippen molar-refractivity contribution in [2.45, 2.75) is 19.9 Å². The molecule has 5 heteroatoms. The minimum atomic E-state index is 0.307. The van der Waals surface area contributed by atoms with Crippen molar-refractivity contribution in [3.05, 3.63) is 36.4 Å². The summed E-state index contributed by atoms with van der Waals surface area (Å²) in [5, 5.41) is 3.34. The Bertz CT molecular complexity index is 633. The molecule has 5 nitrogen and oxygen atoms in total. The molecule has 1 aromatic carbocycles. The highest BCUT2D eigenvalue weighted by atomic mass is 15.3. The first-order chi connectivity index (χ1) is 11.1. The van der Waals surface area contributed by atoms with Crippen LogP contribution in [0.15, 0.2) is 36.4 Å². The van der Waals surface area contributed by atoms with E-state index >= 15 is 0 Å². The largest absolute Gasteiger partial charge is 0.354 e. The number of piperazine rings is 1. The highest BCUT2D eigenvalue weighted by Gasteiger charge is 2.17. The van der Waals surface area contributed by atoms with E-state index in [-0.39, 0.29) is 0 Å². The zero-order valence-electron chi connectivity index (χ0n) is 14.2.